The van der Waals surface area contributed by atoms with Crippen molar-refractivity contribution in [2.75, 3.05) is 7.11 Å². The van der Waals surface area contributed by atoms with Crippen molar-refractivity contribution in [2.45, 2.75) is 0 Å². The zero-order valence-corrected chi connectivity index (χ0v) is 10.3. The number of fused-ring (bicyclic) bond motifs is 1. The van der Waals surface area contributed by atoms with Crippen molar-refractivity contribution in [3.8, 4) is 5.75 Å². The van der Waals surface area contributed by atoms with Gasteiger partial charge in [0, 0.05) is 5.52 Å². The van der Waals surface area contributed by atoms with Gasteiger partial charge in [0.2, 0.25) is 0 Å². The van der Waals surface area contributed by atoms with Crippen LogP contribution in [0.5, 0.6) is 5.75 Å². The summed E-state index contributed by atoms with van der Waals surface area (Å²) in [6.45, 7) is 0. The molecule has 64 valence electrons. The van der Waals surface area contributed by atoms with Gasteiger partial charge in [-0.25, -0.2) is 0 Å². The minimum absolute atomic E-state index is 0.286. The predicted octanol–water partition coefficient (Wildman–Crippen LogP) is 1.82. The lowest BCUT2D eigenvalue weighted by Crippen LogP contribution is -2.04. The van der Waals surface area contributed by atoms with E-state index >= 15 is 0 Å². The highest BCUT2D eigenvalue weighted by Gasteiger charge is 2.04. The van der Waals surface area contributed by atoms with Gasteiger partial charge >= 0.3 is 18.2 Å². The second kappa shape index (κ2) is 3.90. The van der Waals surface area contributed by atoms with E-state index in [0.29, 0.717) is 0 Å². The molecule has 0 saturated heterocycles. The van der Waals surface area contributed by atoms with Gasteiger partial charge in [-0.05, 0) is 29.8 Å². The third-order valence-corrected chi connectivity index (χ3v) is 4.80. The first-order chi connectivity index (χ1) is 6.35. The lowest BCUT2D eigenvalue weighted by atomic mass is 10.2. The normalized spacial score (nSPS) is 10.0. The van der Waals surface area contributed by atoms with Gasteiger partial charge in [-0.3, -0.25) is 12.9 Å². The number of hydrogen-bond acceptors (Lipinski definition) is 1. The number of benzene rings is 1. The Bertz CT molecular complexity index is 426. The summed E-state index contributed by atoms with van der Waals surface area (Å²) < 4.78 is 6.57. The van der Waals surface area contributed by atoms with Crippen LogP contribution in [0.2, 0.25) is 0 Å². The van der Waals surface area contributed by atoms with E-state index < -0.39 is 0 Å². The molecule has 0 fully saturated rings. The van der Waals surface area contributed by atoms with E-state index in [9.17, 15) is 0 Å². The van der Waals surface area contributed by atoms with E-state index in [2.05, 4.69) is 36.2 Å². The molecule has 1 heterocycles. The molecule has 2 rings (SSSR count). The summed E-state index contributed by atoms with van der Waals surface area (Å²) in [5, 5.41) is 1.28. The van der Waals surface area contributed by atoms with Gasteiger partial charge in [-0.1, -0.05) is 0 Å². The SMILES string of the molecule is COc1ccc2[nH]c[c]([Mg][Br])c2c1. The Kier molecular flexibility index (Phi) is 2.81. The number of hydrogen-bond donors (Lipinski definition) is 1. The molecule has 0 spiro atoms. The van der Waals surface area contributed by atoms with Crippen molar-refractivity contribution < 1.29 is 4.74 Å². The molecular formula is C9H8BrMgNO. The van der Waals surface area contributed by atoms with Crippen LogP contribution in [0.3, 0.4) is 0 Å². The lowest BCUT2D eigenvalue weighted by molar-refractivity contribution is 0.415. The molecule has 0 saturated carbocycles. The summed E-state index contributed by atoms with van der Waals surface area (Å²) in [7, 11) is 1.69. The van der Waals surface area contributed by atoms with Gasteiger partial charge in [0.25, 0.3) is 0 Å². The van der Waals surface area contributed by atoms with Gasteiger partial charge in [-0.2, -0.15) is 0 Å². The Hall–Kier alpha value is -0.194. The van der Waals surface area contributed by atoms with Crippen molar-refractivity contribution in [3.63, 3.8) is 0 Å². The maximum absolute atomic E-state index is 5.18. The van der Waals surface area contributed by atoms with Crippen LogP contribution in [0, 0.1) is 0 Å². The minimum atomic E-state index is -0.286. The lowest BCUT2D eigenvalue weighted by Gasteiger charge is -1.99. The number of rotatable bonds is 2. The predicted molar refractivity (Wildman–Crippen MR) is 59.2 cm³/mol. The molecule has 0 aliphatic heterocycles. The van der Waals surface area contributed by atoms with E-state index in [0.717, 1.165) is 5.75 Å². The Labute approximate surface area is 92.3 Å². The first-order valence-electron chi connectivity index (χ1n) is 4.05. The average molecular weight is 250 g/mol. The number of nitrogens with one attached hydrogen (secondary N) is 1. The standard InChI is InChI=1S/C9H8NO.BrH.Mg/c1-11-8-2-3-9-7(6-8)4-5-10-9;;/h2-3,5-6,10H,1H3;1H;/q;;+1/p-1. The van der Waals surface area contributed by atoms with E-state index in [1.54, 1.807) is 7.11 Å². The summed E-state index contributed by atoms with van der Waals surface area (Å²) in [5.74, 6) is 0.920. The quantitative estimate of drug-likeness (QED) is 0.808. The maximum atomic E-state index is 5.18. The van der Waals surface area contributed by atoms with Crippen LogP contribution in [-0.4, -0.2) is 30.3 Å². The van der Waals surface area contributed by atoms with Crippen LogP contribution in [0.15, 0.2) is 24.4 Å². The Morgan fingerprint density at radius 1 is 1.46 bits per heavy atom. The molecule has 1 aromatic carbocycles. The molecule has 1 N–H and O–H groups in total. The summed E-state index contributed by atoms with van der Waals surface area (Å²) in [6.07, 6.45) is 2.07. The van der Waals surface area contributed by atoms with Crippen LogP contribution in [0.4, 0.5) is 0 Å². The zero-order valence-electron chi connectivity index (χ0n) is 7.30. The molecule has 2 aromatic rings. The highest BCUT2D eigenvalue weighted by Crippen LogP contribution is 2.17. The molecule has 0 aliphatic carbocycles. The number of aromatic amines is 1. The van der Waals surface area contributed by atoms with Crippen molar-refractivity contribution >= 4 is 45.7 Å². The Morgan fingerprint density at radius 3 is 3.00 bits per heavy atom. The second-order valence-corrected chi connectivity index (χ2v) is 5.57. The highest BCUT2D eigenvalue weighted by atomic mass is 79.9. The fourth-order valence-electron chi connectivity index (χ4n) is 1.40. The van der Waals surface area contributed by atoms with Crippen LogP contribution in [0.25, 0.3) is 10.9 Å². The first kappa shape index (κ1) is 9.36. The fraction of sp³-hybridized carbons (Fsp3) is 0.111. The summed E-state index contributed by atoms with van der Waals surface area (Å²) in [5.41, 5.74) is 1.18. The van der Waals surface area contributed by atoms with Gasteiger partial charge in [0.1, 0.15) is 5.75 Å². The average Bonchev–Trinajstić information content (AvgIpc) is 2.59. The van der Waals surface area contributed by atoms with Gasteiger partial charge < -0.3 is 9.72 Å². The first-order valence-corrected chi connectivity index (χ1v) is 8.65. The molecule has 0 unspecified atom stereocenters. The topological polar surface area (TPSA) is 25.0 Å². The Balaban J connectivity index is 2.64. The van der Waals surface area contributed by atoms with Gasteiger partial charge in [-0.15, -0.1) is 3.69 Å². The van der Waals surface area contributed by atoms with Crippen LogP contribution >= 0.6 is 12.9 Å². The largest absolute Gasteiger partial charge is 0.510 e. The van der Waals surface area contributed by atoms with E-state index in [4.69, 9.17) is 4.74 Å². The van der Waals surface area contributed by atoms with Crippen LogP contribution in [-0.2, 0) is 0 Å². The summed E-state index contributed by atoms with van der Waals surface area (Å²) in [6, 6.07) is 6.10. The van der Waals surface area contributed by atoms with E-state index in [-0.39, 0.29) is 18.2 Å². The number of ether oxygens (including phenoxy) is 1. The molecule has 13 heavy (non-hydrogen) atoms. The summed E-state index contributed by atoms with van der Waals surface area (Å²) >= 11 is 3.30. The molecule has 4 heteroatoms. The smallest absolute Gasteiger partial charge is 0.497 e. The third-order valence-electron chi connectivity index (χ3n) is 2.12. The highest BCUT2D eigenvalue weighted by molar-refractivity contribution is 9.23. The molecule has 1 aromatic heterocycles. The minimum Gasteiger partial charge on any atom is -0.497 e. The molecule has 2 nitrogen and oxygen atoms in total. The zero-order chi connectivity index (χ0) is 9.26. The van der Waals surface area contributed by atoms with Crippen molar-refractivity contribution in [2.24, 2.45) is 0 Å². The maximum Gasteiger partial charge on any atom is 0.510 e. The summed E-state index contributed by atoms with van der Waals surface area (Å²) in [4.78, 5) is 3.24. The molecule has 0 radical (unpaired) electrons. The molecular weight excluding hydrogens is 242 g/mol. The molecule has 0 amide bonds. The number of H-pyrrole nitrogens is 1. The second-order valence-electron chi connectivity index (χ2n) is 2.86. The van der Waals surface area contributed by atoms with Crippen molar-refractivity contribution in [1.29, 1.82) is 0 Å². The number of aromatic nitrogens is 1. The van der Waals surface area contributed by atoms with Gasteiger partial charge in [0.15, 0.2) is 0 Å². The van der Waals surface area contributed by atoms with Crippen LogP contribution < -0.4 is 8.43 Å². The fourth-order valence-corrected chi connectivity index (χ4v) is 3.40. The van der Waals surface area contributed by atoms with Gasteiger partial charge in [0.05, 0.1) is 7.11 Å². The van der Waals surface area contributed by atoms with Crippen molar-refractivity contribution in [3.05, 3.63) is 24.4 Å². The third kappa shape index (κ3) is 1.70. The Morgan fingerprint density at radius 2 is 2.31 bits per heavy atom. The molecule has 0 atom stereocenters. The molecule has 0 bridgehead atoms. The van der Waals surface area contributed by atoms with E-state index in [1.807, 2.05) is 6.07 Å². The number of halogens is 1. The monoisotopic (exact) mass is 249 g/mol. The van der Waals surface area contributed by atoms with Crippen LogP contribution in [0.1, 0.15) is 0 Å². The molecule has 0 aliphatic rings. The number of methoxy groups -OCH3 is 1. The van der Waals surface area contributed by atoms with E-state index in [1.165, 1.54) is 14.6 Å². The van der Waals surface area contributed by atoms with Crippen molar-refractivity contribution in [1.82, 2.24) is 4.98 Å².